The van der Waals surface area contributed by atoms with E-state index in [0.29, 0.717) is 30.5 Å². The van der Waals surface area contributed by atoms with Crippen LogP contribution in [0.2, 0.25) is 5.02 Å². The molecule has 0 aliphatic carbocycles. The summed E-state index contributed by atoms with van der Waals surface area (Å²) >= 11 is 6.06. The first kappa shape index (κ1) is 13.3. The summed E-state index contributed by atoms with van der Waals surface area (Å²) in [5, 5.41) is 0.641. The average molecular weight is 244 g/mol. The molecule has 90 valence electrons. The first-order chi connectivity index (χ1) is 7.69. The van der Waals surface area contributed by atoms with E-state index in [0.717, 1.165) is 12.0 Å². The van der Waals surface area contributed by atoms with Gasteiger partial charge in [0, 0.05) is 6.54 Å². The molecular weight excluding hydrogens is 226 g/mol. The molecule has 0 fully saturated rings. The maximum Gasteiger partial charge on any atom is 0.137 e. The predicted octanol–water partition coefficient (Wildman–Crippen LogP) is 2.17. The summed E-state index contributed by atoms with van der Waals surface area (Å²) in [5.41, 5.74) is 7.68. The summed E-state index contributed by atoms with van der Waals surface area (Å²) in [6, 6.07) is 3.88. The molecule has 0 radical (unpaired) electrons. The Balaban J connectivity index is 2.63. The summed E-state index contributed by atoms with van der Waals surface area (Å²) in [5.74, 6) is 0.714. The molecule has 3 nitrogen and oxygen atoms in total. The molecule has 1 aromatic carbocycles. The van der Waals surface area contributed by atoms with Gasteiger partial charge in [0.1, 0.15) is 5.75 Å². The van der Waals surface area contributed by atoms with Crippen LogP contribution in [0.5, 0.6) is 5.75 Å². The third-order valence-corrected chi connectivity index (χ3v) is 2.68. The third-order valence-electron chi connectivity index (χ3n) is 2.39. The summed E-state index contributed by atoms with van der Waals surface area (Å²) in [6.45, 7) is 3.86. The Labute approximate surface area is 101 Å². The lowest BCUT2D eigenvalue weighted by Crippen LogP contribution is -2.10. The predicted molar refractivity (Wildman–Crippen MR) is 66.3 cm³/mol. The van der Waals surface area contributed by atoms with Crippen molar-refractivity contribution in [3.05, 3.63) is 28.3 Å². The Morgan fingerprint density at radius 2 is 2.06 bits per heavy atom. The van der Waals surface area contributed by atoms with Gasteiger partial charge in [-0.2, -0.15) is 0 Å². The molecule has 0 aromatic heterocycles. The van der Waals surface area contributed by atoms with Crippen molar-refractivity contribution in [2.75, 3.05) is 26.9 Å². The topological polar surface area (TPSA) is 44.5 Å². The SMILES string of the molecule is COc1cc(C)c(CCOCCN)cc1Cl. The molecule has 16 heavy (non-hydrogen) atoms. The van der Waals surface area contributed by atoms with E-state index in [1.54, 1.807) is 7.11 Å². The van der Waals surface area contributed by atoms with Crippen LogP contribution in [0.1, 0.15) is 11.1 Å². The Morgan fingerprint density at radius 1 is 1.31 bits per heavy atom. The number of nitrogens with two attached hydrogens (primary N) is 1. The maximum absolute atomic E-state index is 6.06. The molecule has 0 amide bonds. The minimum Gasteiger partial charge on any atom is -0.495 e. The van der Waals surface area contributed by atoms with Crippen molar-refractivity contribution in [3.8, 4) is 5.75 Å². The number of halogens is 1. The molecule has 1 aromatic rings. The van der Waals surface area contributed by atoms with Gasteiger partial charge in [0.05, 0.1) is 25.3 Å². The average Bonchev–Trinajstić information content (AvgIpc) is 2.28. The highest BCUT2D eigenvalue weighted by Gasteiger charge is 2.05. The molecule has 0 aliphatic heterocycles. The number of hydrogen-bond acceptors (Lipinski definition) is 3. The van der Waals surface area contributed by atoms with E-state index >= 15 is 0 Å². The third kappa shape index (κ3) is 3.67. The van der Waals surface area contributed by atoms with Crippen molar-refractivity contribution in [2.45, 2.75) is 13.3 Å². The zero-order valence-electron chi connectivity index (χ0n) is 9.75. The van der Waals surface area contributed by atoms with Crippen LogP contribution in [0.15, 0.2) is 12.1 Å². The van der Waals surface area contributed by atoms with Gasteiger partial charge < -0.3 is 15.2 Å². The van der Waals surface area contributed by atoms with Gasteiger partial charge in [-0.05, 0) is 36.6 Å². The molecule has 0 bridgehead atoms. The second-order valence-electron chi connectivity index (χ2n) is 3.56. The van der Waals surface area contributed by atoms with Gasteiger partial charge in [-0.15, -0.1) is 0 Å². The van der Waals surface area contributed by atoms with Gasteiger partial charge in [0.15, 0.2) is 0 Å². The molecule has 0 heterocycles. The van der Waals surface area contributed by atoms with Crippen LogP contribution >= 0.6 is 11.6 Å². The Bertz CT molecular complexity index is 342. The monoisotopic (exact) mass is 243 g/mol. The van der Waals surface area contributed by atoms with Crippen LogP contribution in [-0.4, -0.2) is 26.9 Å². The summed E-state index contributed by atoms with van der Waals surface area (Å²) in [6.07, 6.45) is 0.843. The Morgan fingerprint density at radius 3 is 2.69 bits per heavy atom. The molecule has 0 aliphatic rings. The van der Waals surface area contributed by atoms with Crippen LogP contribution in [0.25, 0.3) is 0 Å². The maximum atomic E-state index is 6.06. The number of rotatable bonds is 6. The number of aryl methyl sites for hydroxylation is 1. The van der Waals surface area contributed by atoms with E-state index in [4.69, 9.17) is 26.8 Å². The Kier molecular flexibility index (Phi) is 5.60. The van der Waals surface area contributed by atoms with Crippen LogP contribution < -0.4 is 10.5 Å². The highest BCUT2D eigenvalue weighted by Crippen LogP contribution is 2.27. The summed E-state index contributed by atoms with van der Waals surface area (Å²) in [7, 11) is 1.62. The normalized spacial score (nSPS) is 10.5. The van der Waals surface area contributed by atoms with Crippen molar-refractivity contribution in [3.63, 3.8) is 0 Å². The van der Waals surface area contributed by atoms with Crippen molar-refractivity contribution in [2.24, 2.45) is 5.73 Å². The quantitative estimate of drug-likeness (QED) is 0.779. The lowest BCUT2D eigenvalue weighted by atomic mass is 10.1. The van der Waals surface area contributed by atoms with Gasteiger partial charge >= 0.3 is 0 Å². The van der Waals surface area contributed by atoms with E-state index in [2.05, 4.69) is 0 Å². The second-order valence-corrected chi connectivity index (χ2v) is 3.97. The fraction of sp³-hybridized carbons (Fsp3) is 0.500. The van der Waals surface area contributed by atoms with Crippen LogP contribution in [-0.2, 0) is 11.2 Å². The minimum absolute atomic E-state index is 0.558. The molecule has 1 rings (SSSR count). The number of methoxy groups -OCH3 is 1. The molecule has 4 heteroatoms. The minimum atomic E-state index is 0.558. The van der Waals surface area contributed by atoms with Gasteiger partial charge in [0.25, 0.3) is 0 Å². The summed E-state index contributed by atoms with van der Waals surface area (Å²) in [4.78, 5) is 0. The van der Waals surface area contributed by atoms with E-state index in [1.807, 2.05) is 19.1 Å². The molecule has 0 atom stereocenters. The second kappa shape index (κ2) is 6.74. The molecule has 0 unspecified atom stereocenters. The lowest BCUT2D eigenvalue weighted by Gasteiger charge is -2.10. The first-order valence-electron chi connectivity index (χ1n) is 5.30. The van der Waals surface area contributed by atoms with Crippen LogP contribution in [0, 0.1) is 6.92 Å². The molecule has 0 saturated heterocycles. The lowest BCUT2D eigenvalue weighted by molar-refractivity contribution is 0.144. The highest BCUT2D eigenvalue weighted by atomic mass is 35.5. The molecule has 0 spiro atoms. The highest BCUT2D eigenvalue weighted by molar-refractivity contribution is 6.32. The van der Waals surface area contributed by atoms with E-state index in [9.17, 15) is 0 Å². The summed E-state index contributed by atoms with van der Waals surface area (Å²) < 4.78 is 10.5. The van der Waals surface area contributed by atoms with Gasteiger partial charge in [-0.3, -0.25) is 0 Å². The van der Waals surface area contributed by atoms with E-state index in [1.165, 1.54) is 5.56 Å². The van der Waals surface area contributed by atoms with Crippen LogP contribution in [0.4, 0.5) is 0 Å². The number of ether oxygens (including phenoxy) is 2. The van der Waals surface area contributed by atoms with Gasteiger partial charge in [-0.1, -0.05) is 11.6 Å². The van der Waals surface area contributed by atoms with E-state index in [-0.39, 0.29) is 0 Å². The fourth-order valence-electron chi connectivity index (χ4n) is 1.49. The molecule has 0 saturated carbocycles. The standard InChI is InChI=1S/C12H18ClNO2/c1-9-7-12(15-2)11(13)8-10(9)3-5-16-6-4-14/h7-8H,3-6,14H2,1-2H3. The Hall–Kier alpha value is -0.770. The van der Waals surface area contributed by atoms with Crippen molar-refractivity contribution in [1.82, 2.24) is 0 Å². The zero-order chi connectivity index (χ0) is 12.0. The molecular formula is C12H18ClNO2. The van der Waals surface area contributed by atoms with Crippen molar-refractivity contribution in [1.29, 1.82) is 0 Å². The molecule has 2 N–H and O–H groups in total. The smallest absolute Gasteiger partial charge is 0.137 e. The largest absolute Gasteiger partial charge is 0.495 e. The van der Waals surface area contributed by atoms with Gasteiger partial charge in [-0.25, -0.2) is 0 Å². The van der Waals surface area contributed by atoms with Crippen LogP contribution in [0.3, 0.4) is 0 Å². The zero-order valence-corrected chi connectivity index (χ0v) is 10.5. The van der Waals surface area contributed by atoms with E-state index < -0.39 is 0 Å². The first-order valence-corrected chi connectivity index (χ1v) is 5.67. The van der Waals surface area contributed by atoms with Crippen molar-refractivity contribution < 1.29 is 9.47 Å². The van der Waals surface area contributed by atoms with Gasteiger partial charge in [0.2, 0.25) is 0 Å². The number of benzene rings is 1. The van der Waals surface area contributed by atoms with Crippen molar-refractivity contribution >= 4 is 11.6 Å². The number of hydrogen-bond donors (Lipinski definition) is 1. The fourth-order valence-corrected chi connectivity index (χ4v) is 1.75.